The minimum Gasteiger partial charge on any atom is -0.497 e. The molecule has 1 fully saturated rings. The Hall–Kier alpha value is -2.82. The number of ether oxygens (including phenoxy) is 1. The maximum Gasteiger partial charge on any atom is 0.253 e. The molecule has 0 saturated carbocycles. The molecule has 25 heavy (non-hydrogen) atoms. The molecule has 3 heterocycles. The molecule has 0 spiro atoms. The van der Waals surface area contributed by atoms with E-state index in [0.29, 0.717) is 17.2 Å². The molecular formula is C20H21N3O2. The number of pyridine rings is 1. The van der Waals surface area contributed by atoms with Crippen LogP contribution in [0.3, 0.4) is 0 Å². The number of carbonyl (C=O) groups excluding carboxylic acids is 1. The quantitative estimate of drug-likeness (QED) is 0.796. The molecule has 0 atom stereocenters. The highest BCUT2D eigenvalue weighted by Gasteiger charge is 2.26. The second-order valence-corrected chi connectivity index (χ2v) is 6.44. The number of benzene rings is 1. The van der Waals surface area contributed by atoms with E-state index >= 15 is 0 Å². The van der Waals surface area contributed by atoms with Crippen molar-refractivity contribution in [1.29, 1.82) is 0 Å². The number of carbonyl (C=O) groups is 1. The maximum atomic E-state index is 12.7. The third-order valence-electron chi connectivity index (χ3n) is 5.00. The van der Waals surface area contributed by atoms with Gasteiger partial charge in [0, 0.05) is 31.0 Å². The zero-order valence-electron chi connectivity index (χ0n) is 14.2. The third kappa shape index (κ3) is 2.97. The van der Waals surface area contributed by atoms with Crippen molar-refractivity contribution >= 4 is 16.9 Å². The first-order valence-electron chi connectivity index (χ1n) is 8.61. The number of hydrogen-bond acceptors (Lipinski definition) is 3. The molecule has 1 aromatic carbocycles. The van der Waals surface area contributed by atoms with E-state index in [1.165, 1.54) is 5.56 Å². The fraction of sp³-hybridized carbons (Fsp3) is 0.300. The zero-order valence-corrected chi connectivity index (χ0v) is 14.2. The molecule has 3 aromatic rings. The highest BCUT2D eigenvalue weighted by molar-refractivity contribution is 5.94. The molecule has 5 nitrogen and oxygen atoms in total. The van der Waals surface area contributed by atoms with E-state index in [2.05, 4.69) is 16.2 Å². The van der Waals surface area contributed by atoms with Crippen LogP contribution in [0.5, 0.6) is 5.75 Å². The van der Waals surface area contributed by atoms with E-state index in [1.807, 2.05) is 41.4 Å². The molecule has 0 unspecified atom stereocenters. The van der Waals surface area contributed by atoms with Gasteiger partial charge in [-0.3, -0.25) is 9.78 Å². The third-order valence-corrected chi connectivity index (χ3v) is 5.00. The van der Waals surface area contributed by atoms with Crippen LogP contribution in [0.4, 0.5) is 0 Å². The van der Waals surface area contributed by atoms with Crippen LogP contribution in [0.1, 0.15) is 34.7 Å². The van der Waals surface area contributed by atoms with Crippen molar-refractivity contribution in [2.24, 2.45) is 0 Å². The molecular weight excluding hydrogens is 314 g/mol. The van der Waals surface area contributed by atoms with Crippen molar-refractivity contribution in [3.63, 3.8) is 0 Å². The average molecular weight is 335 g/mol. The number of aromatic nitrogens is 2. The van der Waals surface area contributed by atoms with Crippen molar-refractivity contribution in [3.05, 3.63) is 59.9 Å². The smallest absolute Gasteiger partial charge is 0.253 e. The normalized spacial score (nSPS) is 15.5. The lowest BCUT2D eigenvalue weighted by Gasteiger charge is -2.32. The van der Waals surface area contributed by atoms with Gasteiger partial charge in [-0.05, 0) is 54.7 Å². The Morgan fingerprint density at radius 2 is 2.08 bits per heavy atom. The molecule has 0 radical (unpaired) electrons. The molecule has 0 bridgehead atoms. The fourth-order valence-corrected chi connectivity index (χ4v) is 3.62. The van der Waals surface area contributed by atoms with Crippen molar-refractivity contribution in [2.75, 3.05) is 20.2 Å². The van der Waals surface area contributed by atoms with Gasteiger partial charge in [-0.25, -0.2) is 0 Å². The van der Waals surface area contributed by atoms with Crippen LogP contribution < -0.4 is 4.74 Å². The Morgan fingerprint density at radius 3 is 2.88 bits per heavy atom. The summed E-state index contributed by atoms with van der Waals surface area (Å²) in [5, 5.41) is 0. The Kier molecular flexibility index (Phi) is 4.14. The predicted molar refractivity (Wildman–Crippen MR) is 97.0 cm³/mol. The summed E-state index contributed by atoms with van der Waals surface area (Å²) >= 11 is 0. The number of methoxy groups -OCH3 is 1. The Morgan fingerprint density at radius 1 is 1.24 bits per heavy atom. The maximum absolute atomic E-state index is 12.7. The molecule has 1 aliphatic rings. The fourth-order valence-electron chi connectivity index (χ4n) is 3.62. The number of rotatable bonds is 3. The topological polar surface area (TPSA) is 58.2 Å². The number of H-pyrrole nitrogens is 1. The van der Waals surface area contributed by atoms with Crippen LogP contribution in [0.25, 0.3) is 11.0 Å². The van der Waals surface area contributed by atoms with Crippen LogP contribution in [0, 0.1) is 0 Å². The summed E-state index contributed by atoms with van der Waals surface area (Å²) in [6.07, 6.45) is 5.82. The zero-order chi connectivity index (χ0) is 17.2. The van der Waals surface area contributed by atoms with E-state index < -0.39 is 0 Å². The van der Waals surface area contributed by atoms with E-state index in [1.54, 1.807) is 13.2 Å². The number of fused-ring (bicyclic) bond motifs is 1. The van der Waals surface area contributed by atoms with Crippen LogP contribution >= 0.6 is 0 Å². The van der Waals surface area contributed by atoms with Gasteiger partial charge in [0.1, 0.15) is 5.75 Å². The van der Waals surface area contributed by atoms with Crippen molar-refractivity contribution in [2.45, 2.75) is 18.8 Å². The number of nitrogens with zero attached hydrogens (tertiary/aromatic N) is 2. The number of piperidine rings is 1. The van der Waals surface area contributed by atoms with Crippen molar-refractivity contribution in [1.82, 2.24) is 14.9 Å². The Labute approximate surface area is 146 Å². The van der Waals surface area contributed by atoms with Gasteiger partial charge >= 0.3 is 0 Å². The van der Waals surface area contributed by atoms with E-state index in [0.717, 1.165) is 37.0 Å². The molecule has 1 aliphatic heterocycles. The SMILES string of the molecule is COc1cccc(C(=O)N2CCC(c3c[nH]c4cccnc34)CC2)c1. The second-order valence-electron chi connectivity index (χ2n) is 6.44. The van der Waals surface area contributed by atoms with Crippen LogP contribution in [0.15, 0.2) is 48.8 Å². The lowest BCUT2D eigenvalue weighted by molar-refractivity contribution is 0.0713. The molecule has 4 rings (SSSR count). The molecule has 5 heteroatoms. The summed E-state index contributed by atoms with van der Waals surface area (Å²) in [4.78, 5) is 22.5. The summed E-state index contributed by atoms with van der Waals surface area (Å²) in [5.74, 6) is 1.23. The Balaban J connectivity index is 1.47. The standard InChI is InChI=1S/C20H21N3O2/c1-25-16-5-2-4-15(12-16)20(24)23-10-7-14(8-11-23)17-13-22-18-6-3-9-21-19(17)18/h2-6,9,12-14,22H,7-8,10-11H2,1H3. The molecule has 128 valence electrons. The van der Waals surface area contributed by atoms with E-state index in [-0.39, 0.29) is 5.91 Å². The first-order chi connectivity index (χ1) is 12.3. The van der Waals surface area contributed by atoms with Crippen LogP contribution in [0.2, 0.25) is 0 Å². The summed E-state index contributed by atoms with van der Waals surface area (Å²) in [7, 11) is 1.62. The van der Waals surface area contributed by atoms with Crippen LogP contribution in [-0.2, 0) is 0 Å². The number of nitrogens with one attached hydrogen (secondary N) is 1. The molecule has 1 saturated heterocycles. The van der Waals surface area contributed by atoms with Gasteiger partial charge < -0.3 is 14.6 Å². The lowest BCUT2D eigenvalue weighted by Crippen LogP contribution is -2.37. The van der Waals surface area contributed by atoms with Gasteiger partial charge in [0.05, 0.1) is 18.1 Å². The van der Waals surface area contributed by atoms with Gasteiger partial charge in [0.25, 0.3) is 5.91 Å². The van der Waals surface area contributed by atoms with Gasteiger partial charge in [-0.1, -0.05) is 6.07 Å². The van der Waals surface area contributed by atoms with Crippen LogP contribution in [-0.4, -0.2) is 41.0 Å². The highest BCUT2D eigenvalue weighted by Crippen LogP contribution is 2.32. The van der Waals surface area contributed by atoms with Gasteiger partial charge in [-0.15, -0.1) is 0 Å². The van der Waals surface area contributed by atoms with Crippen molar-refractivity contribution in [3.8, 4) is 5.75 Å². The van der Waals surface area contributed by atoms with Gasteiger partial charge in [-0.2, -0.15) is 0 Å². The average Bonchev–Trinajstić information content (AvgIpc) is 3.12. The van der Waals surface area contributed by atoms with E-state index in [9.17, 15) is 4.79 Å². The number of amides is 1. The summed E-state index contributed by atoms with van der Waals surface area (Å²) in [6.45, 7) is 1.53. The summed E-state index contributed by atoms with van der Waals surface area (Å²) < 4.78 is 5.22. The first kappa shape index (κ1) is 15.7. The van der Waals surface area contributed by atoms with Gasteiger partial charge in [0.2, 0.25) is 0 Å². The second kappa shape index (κ2) is 6.59. The monoisotopic (exact) mass is 335 g/mol. The molecule has 1 N–H and O–H groups in total. The first-order valence-corrected chi connectivity index (χ1v) is 8.61. The number of hydrogen-bond donors (Lipinski definition) is 1. The van der Waals surface area contributed by atoms with Gasteiger partial charge in [0.15, 0.2) is 0 Å². The largest absolute Gasteiger partial charge is 0.497 e. The Bertz CT molecular complexity index is 895. The molecule has 0 aliphatic carbocycles. The number of aromatic amines is 1. The minimum atomic E-state index is 0.0781. The minimum absolute atomic E-state index is 0.0781. The van der Waals surface area contributed by atoms with E-state index in [4.69, 9.17) is 4.74 Å². The number of likely N-dealkylation sites (tertiary alicyclic amines) is 1. The highest BCUT2D eigenvalue weighted by atomic mass is 16.5. The van der Waals surface area contributed by atoms with Crippen molar-refractivity contribution < 1.29 is 9.53 Å². The molecule has 2 aromatic heterocycles. The predicted octanol–water partition coefficient (Wildman–Crippen LogP) is 3.59. The lowest BCUT2D eigenvalue weighted by atomic mass is 9.90. The molecule has 1 amide bonds. The summed E-state index contributed by atoms with van der Waals surface area (Å²) in [6, 6.07) is 11.4. The summed E-state index contributed by atoms with van der Waals surface area (Å²) in [5.41, 5.74) is 4.09.